The Morgan fingerprint density at radius 1 is 1.40 bits per heavy atom. The second kappa shape index (κ2) is 5.17. The van der Waals surface area contributed by atoms with Gasteiger partial charge in [-0.1, -0.05) is 0 Å². The molecule has 3 rings (SSSR count). The predicted octanol–water partition coefficient (Wildman–Crippen LogP) is 3.04. The van der Waals surface area contributed by atoms with E-state index in [0.717, 1.165) is 12.3 Å². The van der Waals surface area contributed by atoms with Gasteiger partial charge in [-0.15, -0.1) is 0 Å². The minimum absolute atomic E-state index is 0.244. The molecule has 2 heterocycles. The SMILES string of the molecule is Cc1oc(CN(Cc2ccco2)C2CC2)cc1C(=O)O. The number of hydrogen-bond acceptors (Lipinski definition) is 4. The van der Waals surface area contributed by atoms with Gasteiger partial charge in [0, 0.05) is 6.04 Å². The van der Waals surface area contributed by atoms with Crippen molar-refractivity contribution in [2.45, 2.75) is 38.9 Å². The van der Waals surface area contributed by atoms with Crippen LogP contribution in [0.15, 0.2) is 33.3 Å². The molecule has 0 aromatic carbocycles. The van der Waals surface area contributed by atoms with Crippen LogP contribution >= 0.6 is 0 Å². The van der Waals surface area contributed by atoms with Crippen molar-refractivity contribution in [1.82, 2.24) is 4.90 Å². The van der Waals surface area contributed by atoms with Crippen molar-refractivity contribution in [3.05, 3.63) is 47.3 Å². The molecule has 20 heavy (non-hydrogen) atoms. The largest absolute Gasteiger partial charge is 0.478 e. The van der Waals surface area contributed by atoms with Crippen LogP contribution in [0.5, 0.6) is 0 Å². The standard InChI is InChI=1S/C15H17NO4/c1-10-14(15(17)18)7-13(20-10)9-16(11-4-5-11)8-12-3-2-6-19-12/h2-3,6-7,11H,4-5,8-9H2,1H3,(H,17,18). The molecule has 2 aromatic rings. The maximum atomic E-state index is 11.0. The summed E-state index contributed by atoms with van der Waals surface area (Å²) >= 11 is 0. The first-order valence-electron chi connectivity index (χ1n) is 6.72. The molecule has 0 spiro atoms. The van der Waals surface area contributed by atoms with Crippen molar-refractivity contribution in [3.8, 4) is 0 Å². The lowest BCUT2D eigenvalue weighted by molar-refractivity contribution is 0.0695. The molecule has 0 aliphatic heterocycles. The Labute approximate surface area is 116 Å². The van der Waals surface area contributed by atoms with Crippen molar-refractivity contribution in [1.29, 1.82) is 0 Å². The highest BCUT2D eigenvalue weighted by Gasteiger charge is 2.30. The van der Waals surface area contributed by atoms with Gasteiger partial charge in [0.05, 0.1) is 19.4 Å². The van der Waals surface area contributed by atoms with Crippen LogP contribution in [-0.4, -0.2) is 22.0 Å². The van der Waals surface area contributed by atoms with E-state index in [4.69, 9.17) is 13.9 Å². The number of rotatable bonds is 6. The van der Waals surface area contributed by atoms with Gasteiger partial charge in [0.2, 0.25) is 0 Å². The number of carboxylic acids is 1. The fourth-order valence-corrected chi connectivity index (χ4v) is 2.39. The quantitative estimate of drug-likeness (QED) is 0.877. The molecule has 5 nitrogen and oxygen atoms in total. The van der Waals surface area contributed by atoms with Crippen LogP contribution in [0.1, 0.15) is 40.5 Å². The Bertz CT molecular complexity index is 595. The van der Waals surface area contributed by atoms with Crippen LogP contribution in [0.4, 0.5) is 0 Å². The van der Waals surface area contributed by atoms with E-state index in [1.807, 2.05) is 12.1 Å². The van der Waals surface area contributed by atoms with Gasteiger partial charge >= 0.3 is 5.97 Å². The van der Waals surface area contributed by atoms with Crippen molar-refractivity contribution in [2.24, 2.45) is 0 Å². The second-order valence-electron chi connectivity index (χ2n) is 5.20. The zero-order chi connectivity index (χ0) is 14.1. The molecular formula is C15H17NO4. The molecule has 1 saturated carbocycles. The Hall–Kier alpha value is -2.01. The molecule has 1 aliphatic carbocycles. The summed E-state index contributed by atoms with van der Waals surface area (Å²) in [7, 11) is 0. The van der Waals surface area contributed by atoms with E-state index < -0.39 is 5.97 Å². The Balaban J connectivity index is 1.73. The lowest BCUT2D eigenvalue weighted by Gasteiger charge is -2.19. The van der Waals surface area contributed by atoms with Gasteiger partial charge in [-0.25, -0.2) is 4.79 Å². The van der Waals surface area contributed by atoms with Gasteiger partial charge in [0.15, 0.2) is 0 Å². The average molecular weight is 275 g/mol. The third-order valence-corrected chi connectivity index (χ3v) is 3.56. The highest BCUT2D eigenvalue weighted by Crippen LogP contribution is 2.30. The fourth-order valence-electron chi connectivity index (χ4n) is 2.39. The van der Waals surface area contributed by atoms with Crippen LogP contribution in [-0.2, 0) is 13.1 Å². The Kier molecular flexibility index (Phi) is 3.36. The summed E-state index contributed by atoms with van der Waals surface area (Å²) in [6.07, 6.45) is 4.01. The highest BCUT2D eigenvalue weighted by atomic mass is 16.4. The molecule has 0 bridgehead atoms. The second-order valence-corrected chi connectivity index (χ2v) is 5.20. The highest BCUT2D eigenvalue weighted by molar-refractivity contribution is 5.88. The van der Waals surface area contributed by atoms with Gasteiger partial charge in [0.25, 0.3) is 0 Å². The molecule has 106 valence electrons. The van der Waals surface area contributed by atoms with Gasteiger partial charge < -0.3 is 13.9 Å². The predicted molar refractivity (Wildman–Crippen MR) is 71.4 cm³/mol. The summed E-state index contributed by atoms with van der Waals surface area (Å²) in [6.45, 7) is 3.01. The molecule has 2 aromatic heterocycles. The molecule has 1 fully saturated rings. The van der Waals surface area contributed by atoms with Crippen LogP contribution in [0.25, 0.3) is 0 Å². The maximum absolute atomic E-state index is 11.0. The fraction of sp³-hybridized carbons (Fsp3) is 0.400. The lowest BCUT2D eigenvalue weighted by Crippen LogP contribution is -2.24. The maximum Gasteiger partial charge on any atom is 0.339 e. The third-order valence-electron chi connectivity index (χ3n) is 3.56. The van der Waals surface area contributed by atoms with E-state index in [0.29, 0.717) is 24.1 Å². The van der Waals surface area contributed by atoms with Gasteiger partial charge in [-0.05, 0) is 38.0 Å². The van der Waals surface area contributed by atoms with Crippen LogP contribution < -0.4 is 0 Å². The van der Waals surface area contributed by atoms with E-state index >= 15 is 0 Å². The van der Waals surface area contributed by atoms with E-state index in [1.165, 1.54) is 12.8 Å². The minimum atomic E-state index is -0.943. The number of aryl methyl sites for hydroxylation is 1. The first kappa shape index (κ1) is 13.0. The third kappa shape index (κ3) is 2.77. The summed E-state index contributed by atoms with van der Waals surface area (Å²) in [5.74, 6) is 1.12. The molecule has 0 radical (unpaired) electrons. The minimum Gasteiger partial charge on any atom is -0.478 e. The Morgan fingerprint density at radius 2 is 2.15 bits per heavy atom. The summed E-state index contributed by atoms with van der Waals surface area (Å²) < 4.78 is 10.9. The van der Waals surface area contributed by atoms with E-state index in [1.54, 1.807) is 19.3 Å². The summed E-state index contributed by atoms with van der Waals surface area (Å²) in [6, 6.07) is 5.99. The van der Waals surface area contributed by atoms with Gasteiger partial charge in [0.1, 0.15) is 22.8 Å². The average Bonchev–Trinajstić information content (AvgIpc) is 3.00. The zero-order valence-electron chi connectivity index (χ0n) is 11.3. The van der Waals surface area contributed by atoms with Crippen molar-refractivity contribution in [2.75, 3.05) is 0 Å². The number of carbonyl (C=O) groups is 1. The first-order valence-corrected chi connectivity index (χ1v) is 6.72. The zero-order valence-corrected chi connectivity index (χ0v) is 11.3. The van der Waals surface area contributed by atoms with Crippen LogP contribution in [0.3, 0.4) is 0 Å². The van der Waals surface area contributed by atoms with E-state index in [9.17, 15) is 4.79 Å². The van der Waals surface area contributed by atoms with Crippen molar-refractivity contribution >= 4 is 5.97 Å². The van der Waals surface area contributed by atoms with Gasteiger partial charge in [-0.2, -0.15) is 0 Å². The molecule has 0 saturated heterocycles. The molecule has 5 heteroatoms. The number of hydrogen-bond donors (Lipinski definition) is 1. The van der Waals surface area contributed by atoms with Gasteiger partial charge in [-0.3, -0.25) is 4.90 Å². The van der Waals surface area contributed by atoms with E-state index in [2.05, 4.69) is 4.90 Å². The number of furan rings is 2. The normalized spacial score (nSPS) is 14.9. The van der Waals surface area contributed by atoms with E-state index in [-0.39, 0.29) is 5.56 Å². The molecule has 1 aliphatic rings. The molecular weight excluding hydrogens is 258 g/mol. The topological polar surface area (TPSA) is 66.8 Å². The monoisotopic (exact) mass is 275 g/mol. The Morgan fingerprint density at radius 3 is 2.70 bits per heavy atom. The molecule has 0 unspecified atom stereocenters. The van der Waals surface area contributed by atoms with Crippen molar-refractivity contribution in [3.63, 3.8) is 0 Å². The van der Waals surface area contributed by atoms with Crippen molar-refractivity contribution < 1.29 is 18.7 Å². The number of carboxylic acid groups (broad SMARTS) is 1. The molecule has 0 atom stereocenters. The summed E-state index contributed by atoms with van der Waals surface area (Å²) in [5.41, 5.74) is 0.244. The summed E-state index contributed by atoms with van der Waals surface area (Å²) in [5, 5.41) is 9.05. The number of nitrogens with zero attached hydrogens (tertiary/aromatic N) is 1. The lowest BCUT2D eigenvalue weighted by atomic mass is 10.2. The first-order chi connectivity index (χ1) is 9.63. The molecule has 0 amide bonds. The van der Waals surface area contributed by atoms with Crippen LogP contribution in [0.2, 0.25) is 0 Å². The summed E-state index contributed by atoms with van der Waals surface area (Å²) in [4.78, 5) is 13.3. The number of aromatic carboxylic acids is 1. The molecule has 1 N–H and O–H groups in total. The van der Waals surface area contributed by atoms with Crippen LogP contribution in [0, 0.1) is 6.92 Å². The smallest absolute Gasteiger partial charge is 0.339 e.